The highest BCUT2D eigenvalue weighted by Crippen LogP contribution is 2.08. The third kappa shape index (κ3) is 5.19. The number of halogens is 1. The molecule has 1 heterocycles. The summed E-state index contributed by atoms with van der Waals surface area (Å²) in [6.07, 6.45) is 0.960. The average Bonchev–Trinajstić information content (AvgIpc) is 2.99. The highest BCUT2D eigenvalue weighted by molar-refractivity contribution is 7.09. The zero-order valence-corrected chi connectivity index (χ0v) is 12.9. The Morgan fingerprint density at radius 2 is 2.05 bits per heavy atom. The fraction of sp³-hybridized carbons (Fsp3) is 0.312. The topological polar surface area (TPSA) is 36.4 Å². The smallest absolute Gasteiger partial charge is 0.191 e. The van der Waals surface area contributed by atoms with Gasteiger partial charge in [-0.3, -0.25) is 0 Å². The van der Waals surface area contributed by atoms with Gasteiger partial charge in [0.2, 0.25) is 0 Å². The number of hydrogen-bond acceptors (Lipinski definition) is 2. The lowest BCUT2D eigenvalue weighted by Gasteiger charge is -2.11. The maximum absolute atomic E-state index is 13.6. The second-order valence-corrected chi connectivity index (χ2v) is 5.57. The van der Waals surface area contributed by atoms with Crippen molar-refractivity contribution in [2.45, 2.75) is 19.9 Å². The minimum Gasteiger partial charge on any atom is -0.357 e. The van der Waals surface area contributed by atoms with E-state index >= 15 is 0 Å². The first kappa shape index (κ1) is 15.5. The molecule has 1 aromatic heterocycles. The van der Waals surface area contributed by atoms with Crippen LogP contribution < -0.4 is 10.6 Å². The number of nitrogens with zero attached hydrogens (tertiary/aromatic N) is 1. The van der Waals surface area contributed by atoms with Crippen LogP contribution in [0.4, 0.5) is 4.39 Å². The molecule has 112 valence electrons. The first-order valence-electron chi connectivity index (χ1n) is 7.07. The highest BCUT2D eigenvalue weighted by atomic mass is 32.1. The van der Waals surface area contributed by atoms with Crippen molar-refractivity contribution in [1.29, 1.82) is 0 Å². The van der Waals surface area contributed by atoms with Gasteiger partial charge in [0.1, 0.15) is 5.82 Å². The fourth-order valence-corrected chi connectivity index (χ4v) is 2.60. The molecule has 2 N–H and O–H groups in total. The number of aliphatic imine (C=N–C) groups is 1. The molecule has 0 unspecified atom stereocenters. The lowest BCUT2D eigenvalue weighted by Crippen LogP contribution is -2.38. The highest BCUT2D eigenvalue weighted by Gasteiger charge is 2.01. The van der Waals surface area contributed by atoms with Crippen LogP contribution in [0.1, 0.15) is 17.4 Å². The van der Waals surface area contributed by atoms with Gasteiger partial charge >= 0.3 is 0 Å². The van der Waals surface area contributed by atoms with Gasteiger partial charge in [0.25, 0.3) is 0 Å². The van der Waals surface area contributed by atoms with Crippen LogP contribution >= 0.6 is 11.3 Å². The molecule has 0 bridgehead atoms. The lowest BCUT2D eigenvalue weighted by molar-refractivity contribution is 0.610. The Hall–Kier alpha value is -1.88. The van der Waals surface area contributed by atoms with Crippen LogP contribution in [-0.2, 0) is 13.0 Å². The van der Waals surface area contributed by atoms with Crippen molar-refractivity contribution in [3.05, 3.63) is 58.0 Å². The first-order chi connectivity index (χ1) is 10.3. The minimum atomic E-state index is -0.212. The van der Waals surface area contributed by atoms with Gasteiger partial charge < -0.3 is 10.6 Å². The van der Waals surface area contributed by atoms with Crippen LogP contribution in [0.2, 0.25) is 0 Å². The number of guanidine groups is 1. The molecule has 0 atom stereocenters. The molecule has 1 aromatic carbocycles. The van der Waals surface area contributed by atoms with E-state index in [4.69, 9.17) is 0 Å². The monoisotopic (exact) mass is 305 g/mol. The molecule has 0 radical (unpaired) electrons. The number of thiophene rings is 1. The summed E-state index contributed by atoms with van der Waals surface area (Å²) in [6, 6.07) is 10.9. The van der Waals surface area contributed by atoms with E-state index in [1.807, 2.05) is 13.0 Å². The zero-order valence-electron chi connectivity index (χ0n) is 12.1. The van der Waals surface area contributed by atoms with Crippen LogP contribution in [0.25, 0.3) is 0 Å². The van der Waals surface area contributed by atoms with Crippen molar-refractivity contribution in [3.8, 4) is 0 Å². The van der Waals surface area contributed by atoms with E-state index in [0.29, 0.717) is 12.1 Å². The number of nitrogens with one attached hydrogen (secondary N) is 2. The van der Waals surface area contributed by atoms with Gasteiger partial charge in [-0.1, -0.05) is 24.3 Å². The molecule has 0 saturated heterocycles. The Balaban J connectivity index is 1.88. The maximum Gasteiger partial charge on any atom is 0.191 e. The quantitative estimate of drug-likeness (QED) is 0.635. The molecule has 5 heteroatoms. The van der Waals surface area contributed by atoms with Crippen LogP contribution in [-0.4, -0.2) is 19.0 Å². The Kier molecular flexibility index (Phi) is 6.22. The molecule has 0 saturated carbocycles. The van der Waals surface area contributed by atoms with Gasteiger partial charge in [-0.15, -0.1) is 11.3 Å². The minimum absolute atomic E-state index is 0.212. The molecular formula is C16H20FN3S. The third-order valence-electron chi connectivity index (χ3n) is 2.95. The standard InChI is InChI=1S/C16H20FN3S/c1-2-18-16(19-10-9-14-7-5-11-21-14)20-12-13-6-3-4-8-15(13)17/h3-8,11H,2,9-10,12H2,1H3,(H2,18,19,20). The summed E-state index contributed by atoms with van der Waals surface area (Å²) < 4.78 is 13.6. The van der Waals surface area contributed by atoms with E-state index in [1.54, 1.807) is 23.5 Å². The Morgan fingerprint density at radius 3 is 2.76 bits per heavy atom. The molecule has 0 amide bonds. The van der Waals surface area contributed by atoms with Gasteiger partial charge in [-0.05, 0) is 30.9 Å². The summed E-state index contributed by atoms with van der Waals surface area (Å²) in [5.41, 5.74) is 0.605. The van der Waals surface area contributed by atoms with Crippen molar-refractivity contribution in [2.75, 3.05) is 13.1 Å². The van der Waals surface area contributed by atoms with E-state index in [2.05, 4.69) is 33.1 Å². The SMILES string of the molecule is CCNC(=NCc1ccccc1F)NCCc1cccs1. The average molecular weight is 305 g/mol. The largest absolute Gasteiger partial charge is 0.357 e. The molecule has 3 nitrogen and oxygen atoms in total. The van der Waals surface area contributed by atoms with Crippen molar-refractivity contribution < 1.29 is 4.39 Å². The molecular weight excluding hydrogens is 285 g/mol. The normalized spacial score (nSPS) is 11.4. The van der Waals surface area contributed by atoms with Gasteiger partial charge in [0, 0.05) is 23.5 Å². The van der Waals surface area contributed by atoms with E-state index < -0.39 is 0 Å². The Bertz CT molecular complexity index is 567. The predicted octanol–water partition coefficient (Wildman–Crippen LogP) is 3.19. The summed E-state index contributed by atoms with van der Waals surface area (Å²) >= 11 is 1.75. The molecule has 0 fully saturated rings. The van der Waals surface area contributed by atoms with Crippen LogP contribution in [0.3, 0.4) is 0 Å². The van der Waals surface area contributed by atoms with Gasteiger partial charge in [-0.2, -0.15) is 0 Å². The zero-order chi connectivity index (χ0) is 14.9. The fourth-order valence-electron chi connectivity index (χ4n) is 1.89. The Morgan fingerprint density at radius 1 is 1.19 bits per heavy atom. The van der Waals surface area contributed by atoms with Crippen molar-refractivity contribution in [3.63, 3.8) is 0 Å². The van der Waals surface area contributed by atoms with Crippen LogP contribution in [0.15, 0.2) is 46.8 Å². The van der Waals surface area contributed by atoms with Gasteiger partial charge in [0.15, 0.2) is 5.96 Å². The molecule has 2 rings (SSSR count). The first-order valence-corrected chi connectivity index (χ1v) is 7.95. The third-order valence-corrected chi connectivity index (χ3v) is 3.89. The number of rotatable bonds is 6. The summed E-state index contributed by atoms with van der Waals surface area (Å²) in [5, 5.41) is 8.52. The van der Waals surface area contributed by atoms with E-state index in [0.717, 1.165) is 25.5 Å². The second-order valence-electron chi connectivity index (χ2n) is 4.54. The molecule has 21 heavy (non-hydrogen) atoms. The maximum atomic E-state index is 13.6. The van der Waals surface area contributed by atoms with Gasteiger partial charge in [-0.25, -0.2) is 9.38 Å². The van der Waals surface area contributed by atoms with Gasteiger partial charge in [0.05, 0.1) is 6.54 Å². The van der Waals surface area contributed by atoms with E-state index in [1.165, 1.54) is 10.9 Å². The van der Waals surface area contributed by atoms with Crippen molar-refractivity contribution in [1.82, 2.24) is 10.6 Å². The summed E-state index contributed by atoms with van der Waals surface area (Å²) in [6.45, 7) is 3.94. The summed E-state index contributed by atoms with van der Waals surface area (Å²) in [7, 11) is 0. The molecule has 0 aliphatic rings. The molecule has 0 aliphatic heterocycles. The van der Waals surface area contributed by atoms with E-state index in [9.17, 15) is 4.39 Å². The van der Waals surface area contributed by atoms with Crippen LogP contribution in [0, 0.1) is 5.82 Å². The molecule has 2 aromatic rings. The predicted molar refractivity (Wildman–Crippen MR) is 87.2 cm³/mol. The number of hydrogen-bond donors (Lipinski definition) is 2. The summed E-state index contributed by atoms with van der Waals surface area (Å²) in [4.78, 5) is 5.76. The lowest BCUT2D eigenvalue weighted by atomic mass is 10.2. The number of benzene rings is 1. The molecule has 0 spiro atoms. The van der Waals surface area contributed by atoms with Crippen molar-refractivity contribution in [2.24, 2.45) is 4.99 Å². The van der Waals surface area contributed by atoms with E-state index in [-0.39, 0.29) is 5.82 Å². The second kappa shape index (κ2) is 8.42. The molecule has 0 aliphatic carbocycles. The summed E-state index contributed by atoms with van der Waals surface area (Å²) in [5.74, 6) is 0.507. The Labute approximate surface area is 128 Å². The van der Waals surface area contributed by atoms with Crippen molar-refractivity contribution >= 4 is 17.3 Å². The van der Waals surface area contributed by atoms with Crippen LogP contribution in [0.5, 0.6) is 0 Å².